The van der Waals surface area contributed by atoms with Crippen LogP contribution in [0.1, 0.15) is 44.1 Å². The number of Topliss-reactive ketones (excluding diaryl/α,β-unsaturated/α-hetero) is 1. The summed E-state index contributed by atoms with van der Waals surface area (Å²) in [5.41, 5.74) is 1.41. The third-order valence-corrected chi connectivity index (χ3v) is 3.51. The van der Waals surface area contributed by atoms with Gasteiger partial charge in [0.25, 0.3) is 0 Å². The van der Waals surface area contributed by atoms with E-state index in [1.165, 1.54) is 12.0 Å². The van der Waals surface area contributed by atoms with Gasteiger partial charge in [-0.1, -0.05) is 37.3 Å². The average Bonchev–Trinajstić information content (AvgIpc) is 2.78. The molecule has 1 nitrogen and oxygen atoms in total. The van der Waals surface area contributed by atoms with Gasteiger partial charge in [0.2, 0.25) is 0 Å². The maximum Gasteiger partial charge on any atom is 0.135 e. The molecule has 0 heterocycles. The predicted molar refractivity (Wildman–Crippen MR) is 61.8 cm³/mol. The SMILES string of the molecule is CCC(=O)[C@@H]1CC[C@H](c2ccccc2)C1. The van der Waals surface area contributed by atoms with Crippen molar-refractivity contribution in [3.05, 3.63) is 35.9 Å². The van der Waals surface area contributed by atoms with Gasteiger partial charge in [-0.05, 0) is 30.7 Å². The van der Waals surface area contributed by atoms with Crippen molar-refractivity contribution in [1.82, 2.24) is 0 Å². The topological polar surface area (TPSA) is 17.1 Å². The van der Waals surface area contributed by atoms with E-state index in [1.54, 1.807) is 0 Å². The van der Waals surface area contributed by atoms with Crippen LogP contribution in [-0.2, 0) is 4.79 Å². The van der Waals surface area contributed by atoms with Gasteiger partial charge in [0.05, 0.1) is 0 Å². The Hall–Kier alpha value is -1.11. The molecule has 0 amide bonds. The van der Waals surface area contributed by atoms with Crippen LogP contribution >= 0.6 is 0 Å². The molecule has 0 spiro atoms. The van der Waals surface area contributed by atoms with E-state index < -0.39 is 0 Å². The fraction of sp³-hybridized carbons (Fsp3) is 0.500. The number of carbonyl (C=O) groups is 1. The molecule has 0 aliphatic heterocycles. The number of benzene rings is 1. The lowest BCUT2D eigenvalue weighted by atomic mass is 9.94. The minimum absolute atomic E-state index is 0.334. The van der Waals surface area contributed by atoms with Crippen LogP contribution in [0.25, 0.3) is 0 Å². The van der Waals surface area contributed by atoms with Crippen molar-refractivity contribution in [1.29, 1.82) is 0 Å². The van der Waals surface area contributed by atoms with E-state index >= 15 is 0 Å². The Morgan fingerprint density at radius 1 is 1.27 bits per heavy atom. The van der Waals surface area contributed by atoms with Gasteiger partial charge in [0.15, 0.2) is 0 Å². The standard InChI is InChI=1S/C14H18O/c1-2-14(15)13-9-8-12(10-13)11-6-4-3-5-7-11/h3-7,12-13H,2,8-10H2,1H3/t12-,13+/m0/s1. The maximum atomic E-state index is 11.6. The van der Waals surface area contributed by atoms with E-state index in [9.17, 15) is 4.79 Å². The zero-order valence-corrected chi connectivity index (χ0v) is 9.28. The first-order valence-electron chi connectivity index (χ1n) is 5.89. The summed E-state index contributed by atoms with van der Waals surface area (Å²) in [5, 5.41) is 0. The first kappa shape index (κ1) is 10.4. The van der Waals surface area contributed by atoms with E-state index in [0.29, 0.717) is 24.0 Å². The molecule has 0 radical (unpaired) electrons. The van der Waals surface area contributed by atoms with E-state index in [-0.39, 0.29) is 0 Å². The number of hydrogen-bond acceptors (Lipinski definition) is 1. The second kappa shape index (κ2) is 4.61. The molecule has 1 aliphatic rings. The lowest BCUT2D eigenvalue weighted by Gasteiger charge is -2.10. The Morgan fingerprint density at radius 2 is 2.00 bits per heavy atom. The number of rotatable bonds is 3. The molecule has 80 valence electrons. The zero-order chi connectivity index (χ0) is 10.7. The van der Waals surface area contributed by atoms with Gasteiger partial charge in [-0.25, -0.2) is 0 Å². The van der Waals surface area contributed by atoms with Gasteiger partial charge in [-0.2, -0.15) is 0 Å². The van der Waals surface area contributed by atoms with E-state index in [1.807, 2.05) is 13.0 Å². The Bertz CT molecular complexity index is 328. The normalized spacial score (nSPS) is 25.4. The van der Waals surface area contributed by atoms with Crippen molar-refractivity contribution >= 4 is 5.78 Å². The lowest BCUT2D eigenvalue weighted by molar-refractivity contribution is -0.122. The Labute approximate surface area is 91.5 Å². The van der Waals surface area contributed by atoms with Gasteiger partial charge in [0.1, 0.15) is 5.78 Å². The smallest absolute Gasteiger partial charge is 0.135 e. The van der Waals surface area contributed by atoms with Crippen LogP contribution in [0.3, 0.4) is 0 Å². The maximum absolute atomic E-state index is 11.6. The minimum Gasteiger partial charge on any atom is -0.299 e. The van der Waals surface area contributed by atoms with Crippen molar-refractivity contribution < 1.29 is 4.79 Å². The third kappa shape index (κ3) is 2.28. The Kier molecular flexibility index (Phi) is 3.20. The van der Waals surface area contributed by atoms with Crippen molar-refractivity contribution in [3.8, 4) is 0 Å². The second-order valence-corrected chi connectivity index (χ2v) is 4.44. The zero-order valence-electron chi connectivity index (χ0n) is 9.28. The quantitative estimate of drug-likeness (QED) is 0.732. The Balaban J connectivity index is 2.02. The summed E-state index contributed by atoms with van der Waals surface area (Å²) in [7, 11) is 0. The minimum atomic E-state index is 0.334. The van der Waals surface area contributed by atoms with Gasteiger partial charge >= 0.3 is 0 Å². The van der Waals surface area contributed by atoms with Crippen LogP contribution < -0.4 is 0 Å². The van der Waals surface area contributed by atoms with Crippen LogP contribution in [0.2, 0.25) is 0 Å². The molecule has 1 aromatic rings. The van der Waals surface area contributed by atoms with E-state index in [0.717, 1.165) is 12.8 Å². The van der Waals surface area contributed by atoms with Crippen molar-refractivity contribution in [2.75, 3.05) is 0 Å². The summed E-state index contributed by atoms with van der Waals surface area (Å²) in [6.07, 6.45) is 4.04. The van der Waals surface area contributed by atoms with Crippen molar-refractivity contribution in [2.24, 2.45) is 5.92 Å². The monoisotopic (exact) mass is 202 g/mol. The molecule has 2 rings (SSSR count). The highest BCUT2D eigenvalue weighted by Gasteiger charge is 2.29. The molecule has 1 heteroatoms. The summed E-state index contributed by atoms with van der Waals surface area (Å²) in [4.78, 5) is 11.6. The molecule has 0 bridgehead atoms. The summed E-state index contributed by atoms with van der Waals surface area (Å²) in [6, 6.07) is 10.6. The molecule has 1 aliphatic carbocycles. The van der Waals surface area contributed by atoms with Gasteiger partial charge in [-0.3, -0.25) is 4.79 Å². The van der Waals surface area contributed by atoms with Crippen molar-refractivity contribution in [3.63, 3.8) is 0 Å². The summed E-state index contributed by atoms with van der Waals surface area (Å²) in [5.74, 6) is 1.40. The highest BCUT2D eigenvalue weighted by molar-refractivity contribution is 5.81. The molecule has 2 atom stereocenters. The molecule has 0 aromatic heterocycles. The van der Waals surface area contributed by atoms with Crippen LogP contribution in [0.4, 0.5) is 0 Å². The van der Waals surface area contributed by atoms with E-state index in [4.69, 9.17) is 0 Å². The lowest BCUT2D eigenvalue weighted by Crippen LogP contribution is -2.09. The highest BCUT2D eigenvalue weighted by atomic mass is 16.1. The summed E-state index contributed by atoms with van der Waals surface area (Å²) >= 11 is 0. The number of carbonyl (C=O) groups excluding carboxylic acids is 1. The molecule has 1 saturated carbocycles. The molecular weight excluding hydrogens is 184 g/mol. The predicted octanol–water partition coefficient (Wildman–Crippen LogP) is 3.55. The first-order valence-corrected chi connectivity index (χ1v) is 5.89. The number of hydrogen-bond donors (Lipinski definition) is 0. The van der Waals surface area contributed by atoms with Crippen LogP contribution in [0, 0.1) is 5.92 Å². The fourth-order valence-electron chi connectivity index (χ4n) is 2.59. The molecule has 0 unspecified atom stereocenters. The molecular formula is C14H18O. The molecule has 15 heavy (non-hydrogen) atoms. The summed E-state index contributed by atoms with van der Waals surface area (Å²) < 4.78 is 0. The van der Waals surface area contributed by atoms with Crippen LogP contribution in [0.5, 0.6) is 0 Å². The largest absolute Gasteiger partial charge is 0.299 e. The third-order valence-electron chi connectivity index (χ3n) is 3.51. The van der Waals surface area contributed by atoms with Gasteiger partial charge < -0.3 is 0 Å². The fourth-order valence-corrected chi connectivity index (χ4v) is 2.59. The average molecular weight is 202 g/mol. The Morgan fingerprint density at radius 3 is 2.67 bits per heavy atom. The summed E-state index contributed by atoms with van der Waals surface area (Å²) in [6.45, 7) is 1.97. The molecule has 0 saturated heterocycles. The molecule has 0 N–H and O–H groups in total. The van der Waals surface area contributed by atoms with Crippen molar-refractivity contribution in [2.45, 2.75) is 38.5 Å². The number of ketones is 1. The molecule has 1 fully saturated rings. The van der Waals surface area contributed by atoms with Crippen LogP contribution in [0.15, 0.2) is 30.3 Å². The van der Waals surface area contributed by atoms with Crippen LogP contribution in [-0.4, -0.2) is 5.78 Å². The molecule has 1 aromatic carbocycles. The van der Waals surface area contributed by atoms with E-state index in [2.05, 4.69) is 24.3 Å². The highest BCUT2D eigenvalue weighted by Crippen LogP contribution is 2.38. The second-order valence-electron chi connectivity index (χ2n) is 4.44. The first-order chi connectivity index (χ1) is 7.31. The van der Waals surface area contributed by atoms with Gasteiger partial charge in [0, 0.05) is 12.3 Å². The van der Waals surface area contributed by atoms with Gasteiger partial charge in [-0.15, -0.1) is 0 Å².